The average Bonchev–Trinajstić information content (AvgIpc) is 2.33. The van der Waals surface area contributed by atoms with Crippen molar-refractivity contribution in [1.29, 1.82) is 0 Å². The number of hydrogen-bond acceptors (Lipinski definition) is 1. The lowest BCUT2D eigenvalue weighted by Crippen LogP contribution is -2.24. The van der Waals surface area contributed by atoms with Crippen LogP contribution in [0.5, 0.6) is 0 Å². The molecule has 0 aliphatic heterocycles. The van der Waals surface area contributed by atoms with Gasteiger partial charge in [-0.3, -0.25) is 0 Å². The first-order valence-electron chi connectivity index (χ1n) is 7.90. The Kier molecular flexibility index (Phi) is 5.43. The van der Waals surface area contributed by atoms with E-state index in [-0.39, 0.29) is 10.8 Å². The summed E-state index contributed by atoms with van der Waals surface area (Å²) in [6, 6.07) is 6.83. The minimum Gasteiger partial charge on any atom is -0.330 e. The van der Waals surface area contributed by atoms with Gasteiger partial charge in [-0.05, 0) is 52.8 Å². The number of aryl methyl sites for hydroxylation is 1. The summed E-state index contributed by atoms with van der Waals surface area (Å²) >= 11 is 0. The summed E-state index contributed by atoms with van der Waals surface area (Å²) < 4.78 is 0. The molecular weight excluding hydrogens is 242 g/mol. The van der Waals surface area contributed by atoms with Crippen LogP contribution in [-0.4, -0.2) is 6.54 Å². The van der Waals surface area contributed by atoms with Crippen LogP contribution >= 0.6 is 0 Å². The molecule has 1 aromatic rings. The maximum absolute atomic E-state index is 5.76. The second kappa shape index (κ2) is 6.30. The van der Waals surface area contributed by atoms with Gasteiger partial charge in [-0.1, -0.05) is 66.7 Å². The number of rotatable bonds is 4. The largest absolute Gasteiger partial charge is 0.330 e. The molecule has 1 rings (SSSR count). The van der Waals surface area contributed by atoms with Crippen LogP contribution in [0.25, 0.3) is 0 Å². The van der Waals surface area contributed by atoms with Crippen molar-refractivity contribution in [2.24, 2.45) is 11.7 Å². The maximum atomic E-state index is 5.76. The van der Waals surface area contributed by atoms with Gasteiger partial charge in [0.2, 0.25) is 0 Å². The lowest BCUT2D eigenvalue weighted by molar-refractivity contribution is 0.510. The number of nitrogens with two attached hydrogens (primary N) is 1. The lowest BCUT2D eigenvalue weighted by atomic mass is 9.72. The van der Waals surface area contributed by atoms with E-state index in [1.807, 2.05) is 0 Å². The van der Waals surface area contributed by atoms with E-state index in [1.165, 1.54) is 23.1 Å². The molecule has 1 heteroatoms. The highest BCUT2D eigenvalue weighted by molar-refractivity contribution is 5.43. The Hall–Kier alpha value is -0.820. The maximum Gasteiger partial charge on any atom is -0.00514 e. The highest BCUT2D eigenvalue weighted by atomic mass is 14.5. The standard InChI is InChI=1S/C19H33N/c1-14(13-20)11-12-15-9-8-10-16(18(2,3)4)17(15)19(5,6)7/h8-10,14H,11-13,20H2,1-7H3. The summed E-state index contributed by atoms with van der Waals surface area (Å²) in [7, 11) is 0. The van der Waals surface area contributed by atoms with Crippen molar-refractivity contribution in [1.82, 2.24) is 0 Å². The van der Waals surface area contributed by atoms with Gasteiger partial charge in [-0.25, -0.2) is 0 Å². The predicted molar refractivity (Wildman–Crippen MR) is 90.4 cm³/mol. The van der Waals surface area contributed by atoms with Gasteiger partial charge in [0.1, 0.15) is 0 Å². The molecule has 1 unspecified atom stereocenters. The van der Waals surface area contributed by atoms with Gasteiger partial charge in [0.15, 0.2) is 0 Å². The first-order valence-corrected chi connectivity index (χ1v) is 7.90. The molecule has 20 heavy (non-hydrogen) atoms. The molecule has 0 saturated heterocycles. The highest BCUT2D eigenvalue weighted by Gasteiger charge is 2.27. The molecule has 0 aliphatic carbocycles. The van der Waals surface area contributed by atoms with Crippen LogP contribution in [0.15, 0.2) is 18.2 Å². The third-order valence-corrected chi connectivity index (χ3v) is 4.02. The van der Waals surface area contributed by atoms with Gasteiger partial charge in [0.05, 0.1) is 0 Å². The summed E-state index contributed by atoms with van der Waals surface area (Å²) in [5.41, 5.74) is 10.7. The third kappa shape index (κ3) is 4.34. The van der Waals surface area contributed by atoms with Crippen molar-refractivity contribution < 1.29 is 0 Å². The van der Waals surface area contributed by atoms with E-state index < -0.39 is 0 Å². The van der Waals surface area contributed by atoms with Crippen LogP contribution in [0.3, 0.4) is 0 Å². The lowest BCUT2D eigenvalue weighted by Gasteiger charge is -2.32. The summed E-state index contributed by atoms with van der Waals surface area (Å²) in [6.07, 6.45) is 2.31. The summed E-state index contributed by atoms with van der Waals surface area (Å²) in [4.78, 5) is 0. The van der Waals surface area contributed by atoms with Crippen molar-refractivity contribution in [3.8, 4) is 0 Å². The first-order chi connectivity index (χ1) is 9.07. The van der Waals surface area contributed by atoms with Gasteiger partial charge >= 0.3 is 0 Å². The molecule has 1 atom stereocenters. The molecule has 0 aliphatic rings. The topological polar surface area (TPSA) is 26.0 Å². The van der Waals surface area contributed by atoms with Gasteiger partial charge in [-0.15, -0.1) is 0 Å². The summed E-state index contributed by atoms with van der Waals surface area (Å²) in [5.74, 6) is 0.598. The predicted octanol–water partition coefficient (Wildman–Crippen LogP) is 4.81. The van der Waals surface area contributed by atoms with E-state index >= 15 is 0 Å². The molecule has 2 N–H and O–H groups in total. The Balaban J connectivity index is 3.24. The Morgan fingerprint density at radius 2 is 1.60 bits per heavy atom. The third-order valence-electron chi connectivity index (χ3n) is 4.02. The summed E-state index contributed by atoms with van der Waals surface area (Å²) in [5, 5.41) is 0. The van der Waals surface area contributed by atoms with Crippen molar-refractivity contribution in [3.63, 3.8) is 0 Å². The number of benzene rings is 1. The molecule has 0 aromatic heterocycles. The molecule has 0 amide bonds. The minimum atomic E-state index is 0.186. The second-order valence-electron chi connectivity index (χ2n) is 8.22. The fourth-order valence-corrected chi connectivity index (χ4v) is 2.84. The quantitative estimate of drug-likeness (QED) is 0.838. The zero-order valence-electron chi connectivity index (χ0n) is 14.5. The molecule has 0 radical (unpaired) electrons. The SMILES string of the molecule is CC(CN)CCc1cccc(C(C)(C)C)c1C(C)(C)C. The van der Waals surface area contributed by atoms with Crippen LogP contribution in [0.4, 0.5) is 0 Å². The summed E-state index contributed by atoms with van der Waals surface area (Å²) in [6.45, 7) is 16.9. The van der Waals surface area contributed by atoms with Crippen LogP contribution in [0.1, 0.15) is 71.6 Å². The van der Waals surface area contributed by atoms with Gasteiger partial charge in [-0.2, -0.15) is 0 Å². The molecule has 1 nitrogen and oxygen atoms in total. The van der Waals surface area contributed by atoms with Crippen molar-refractivity contribution in [3.05, 3.63) is 34.9 Å². The molecule has 0 bridgehead atoms. The van der Waals surface area contributed by atoms with E-state index in [4.69, 9.17) is 5.73 Å². The smallest absolute Gasteiger partial charge is 0.00514 e. The molecule has 0 fully saturated rings. The monoisotopic (exact) mass is 275 g/mol. The number of hydrogen-bond donors (Lipinski definition) is 1. The van der Waals surface area contributed by atoms with Crippen LogP contribution in [-0.2, 0) is 17.3 Å². The van der Waals surface area contributed by atoms with E-state index in [1.54, 1.807) is 0 Å². The average molecular weight is 275 g/mol. The first kappa shape index (κ1) is 17.2. The van der Waals surface area contributed by atoms with Crippen LogP contribution < -0.4 is 5.73 Å². The Bertz CT molecular complexity index is 432. The van der Waals surface area contributed by atoms with E-state index in [2.05, 4.69) is 66.7 Å². The zero-order valence-corrected chi connectivity index (χ0v) is 14.5. The molecule has 0 saturated carbocycles. The minimum absolute atomic E-state index is 0.186. The Labute approximate surface area is 126 Å². The van der Waals surface area contributed by atoms with Crippen LogP contribution in [0, 0.1) is 5.92 Å². The molecule has 114 valence electrons. The van der Waals surface area contributed by atoms with Gasteiger partial charge < -0.3 is 5.73 Å². The highest BCUT2D eigenvalue weighted by Crippen LogP contribution is 2.36. The van der Waals surface area contributed by atoms with Crippen LogP contribution in [0.2, 0.25) is 0 Å². The van der Waals surface area contributed by atoms with Crippen molar-refractivity contribution >= 4 is 0 Å². The second-order valence-corrected chi connectivity index (χ2v) is 8.22. The fourth-order valence-electron chi connectivity index (χ4n) is 2.84. The fraction of sp³-hybridized carbons (Fsp3) is 0.684. The van der Waals surface area contributed by atoms with E-state index in [0.717, 1.165) is 13.0 Å². The van der Waals surface area contributed by atoms with E-state index in [0.29, 0.717) is 5.92 Å². The molecule has 0 heterocycles. The van der Waals surface area contributed by atoms with Gasteiger partial charge in [0, 0.05) is 0 Å². The molecular formula is C19H33N. The van der Waals surface area contributed by atoms with Crippen molar-refractivity contribution in [2.45, 2.75) is 72.1 Å². The molecule has 1 aromatic carbocycles. The zero-order chi connectivity index (χ0) is 15.6. The van der Waals surface area contributed by atoms with Gasteiger partial charge in [0.25, 0.3) is 0 Å². The Morgan fingerprint density at radius 1 is 1.00 bits per heavy atom. The van der Waals surface area contributed by atoms with Crippen molar-refractivity contribution in [2.75, 3.05) is 6.54 Å². The molecule has 0 spiro atoms. The normalized spacial score (nSPS) is 14.4. The Morgan fingerprint density at radius 3 is 2.05 bits per heavy atom. The van der Waals surface area contributed by atoms with E-state index in [9.17, 15) is 0 Å².